The van der Waals surface area contributed by atoms with Crippen LogP contribution in [0.4, 0.5) is 23.2 Å². The Bertz CT molecular complexity index is 977. The van der Waals surface area contributed by atoms with E-state index in [1.54, 1.807) is 13.0 Å². The molecular weight excluding hydrogens is 410 g/mol. The number of benzene rings is 2. The number of nitrogens with one attached hydrogen (secondary N) is 1. The molecule has 0 atom stereocenters. The highest BCUT2D eigenvalue weighted by molar-refractivity contribution is 8.00. The Balaban J connectivity index is 1.88. The molecule has 2 aromatic carbocycles. The van der Waals surface area contributed by atoms with Crippen molar-refractivity contribution in [2.24, 2.45) is 0 Å². The third kappa shape index (κ3) is 5.53. The Morgan fingerprint density at radius 2 is 1.90 bits per heavy atom. The standard InChI is InChI=1S/C18H15F4N5OS/c1-2-16(28)27(10-11-3-5-15(6-4-11)29-18(20,21)22)14-8-12(7-13(19)9-14)17-23-25-26-24-17/h3-9H,2,10H2,1H3,(H,23,24,25,26). The topological polar surface area (TPSA) is 74.8 Å². The molecule has 0 fully saturated rings. The van der Waals surface area contributed by atoms with Crippen LogP contribution < -0.4 is 4.90 Å². The Morgan fingerprint density at radius 1 is 1.17 bits per heavy atom. The zero-order valence-electron chi connectivity index (χ0n) is 15.1. The van der Waals surface area contributed by atoms with E-state index in [0.29, 0.717) is 11.1 Å². The van der Waals surface area contributed by atoms with Crippen molar-refractivity contribution in [2.75, 3.05) is 4.90 Å². The van der Waals surface area contributed by atoms with Gasteiger partial charge in [0.1, 0.15) is 5.82 Å². The molecule has 0 aliphatic rings. The van der Waals surface area contributed by atoms with Crippen molar-refractivity contribution in [2.45, 2.75) is 30.3 Å². The van der Waals surface area contributed by atoms with Crippen molar-refractivity contribution in [3.63, 3.8) is 0 Å². The van der Waals surface area contributed by atoms with Gasteiger partial charge in [0.15, 0.2) is 5.82 Å². The first-order valence-electron chi connectivity index (χ1n) is 8.45. The molecule has 1 N–H and O–H groups in total. The van der Waals surface area contributed by atoms with Gasteiger partial charge in [0.05, 0.1) is 6.54 Å². The number of nitrogens with zero attached hydrogens (tertiary/aromatic N) is 4. The van der Waals surface area contributed by atoms with E-state index >= 15 is 0 Å². The fourth-order valence-corrected chi connectivity index (χ4v) is 3.18. The lowest BCUT2D eigenvalue weighted by molar-refractivity contribution is -0.118. The van der Waals surface area contributed by atoms with Gasteiger partial charge in [-0.1, -0.05) is 19.1 Å². The molecule has 3 rings (SSSR count). The Hall–Kier alpha value is -2.95. The average Bonchev–Trinajstić information content (AvgIpc) is 3.20. The molecular formula is C18H15F4N5OS. The highest BCUT2D eigenvalue weighted by atomic mass is 32.2. The lowest BCUT2D eigenvalue weighted by Gasteiger charge is -2.23. The Kier molecular flexibility index (Phi) is 6.16. The molecule has 0 bridgehead atoms. The normalized spacial score (nSPS) is 11.5. The molecule has 0 aliphatic carbocycles. The summed E-state index contributed by atoms with van der Waals surface area (Å²) in [6.45, 7) is 1.74. The van der Waals surface area contributed by atoms with Gasteiger partial charge in [-0.05, 0) is 58.1 Å². The summed E-state index contributed by atoms with van der Waals surface area (Å²) >= 11 is -0.214. The molecule has 0 saturated carbocycles. The number of alkyl halides is 3. The average molecular weight is 425 g/mol. The number of aromatic amines is 1. The number of aromatic nitrogens is 4. The molecule has 11 heteroatoms. The fourth-order valence-electron chi connectivity index (χ4n) is 2.64. The maximum Gasteiger partial charge on any atom is 0.446 e. The van der Waals surface area contributed by atoms with Crippen LogP contribution >= 0.6 is 11.8 Å². The van der Waals surface area contributed by atoms with Gasteiger partial charge >= 0.3 is 5.51 Å². The van der Waals surface area contributed by atoms with Gasteiger partial charge in [0, 0.05) is 22.6 Å². The number of anilines is 1. The predicted molar refractivity (Wildman–Crippen MR) is 99.4 cm³/mol. The van der Waals surface area contributed by atoms with Gasteiger partial charge in [0.25, 0.3) is 0 Å². The number of H-pyrrole nitrogens is 1. The molecule has 29 heavy (non-hydrogen) atoms. The molecule has 3 aromatic rings. The van der Waals surface area contributed by atoms with E-state index in [9.17, 15) is 22.4 Å². The summed E-state index contributed by atoms with van der Waals surface area (Å²) in [4.78, 5) is 13.9. The first-order chi connectivity index (χ1) is 13.7. The zero-order valence-corrected chi connectivity index (χ0v) is 15.9. The van der Waals surface area contributed by atoms with Gasteiger partial charge in [-0.15, -0.1) is 5.10 Å². The van der Waals surface area contributed by atoms with Crippen molar-refractivity contribution in [1.82, 2.24) is 20.6 Å². The summed E-state index contributed by atoms with van der Waals surface area (Å²) in [6, 6.07) is 9.67. The number of amides is 1. The molecule has 1 aromatic heterocycles. The van der Waals surface area contributed by atoms with Gasteiger partial charge in [-0.2, -0.15) is 13.2 Å². The molecule has 0 aliphatic heterocycles. The SMILES string of the molecule is CCC(=O)N(Cc1ccc(SC(F)(F)F)cc1)c1cc(F)cc(-c2nnn[nH]2)c1. The van der Waals surface area contributed by atoms with Gasteiger partial charge in [0.2, 0.25) is 5.91 Å². The number of hydrogen-bond donors (Lipinski definition) is 1. The van der Waals surface area contributed by atoms with Crippen molar-refractivity contribution >= 4 is 23.4 Å². The smallest absolute Gasteiger partial charge is 0.308 e. The van der Waals surface area contributed by atoms with Crippen molar-refractivity contribution in [1.29, 1.82) is 0 Å². The van der Waals surface area contributed by atoms with Crippen LogP contribution in [0, 0.1) is 5.82 Å². The first kappa shape index (κ1) is 20.8. The number of hydrogen-bond acceptors (Lipinski definition) is 5. The molecule has 6 nitrogen and oxygen atoms in total. The van der Waals surface area contributed by atoms with E-state index in [1.807, 2.05) is 0 Å². The van der Waals surface area contributed by atoms with Crippen LogP contribution in [0.3, 0.4) is 0 Å². The van der Waals surface area contributed by atoms with E-state index in [2.05, 4.69) is 20.6 Å². The van der Waals surface area contributed by atoms with Gasteiger partial charge in [-0.25, -0.2) is 9.49 Å². The highest BCUT2D eigenvalue weighted by Gasteiger charge is 2.29. The monoisotopic (exact) mass is 425 g/mol. The Labute approximate surface area is 167 Å². The molecule has 0 radical (unpaired) electrons. The van der Waals surface area contributed by atoms with Gasteiger partial charge in [-0.3, -0.25) is 4.79 Å². The van der Waals surface area contributed by atoms with E-state index in [1.165, 1.54) is 41.3 Å². The predicted octanol–water partition coefficient (Wildman–Crippen LogP) is 4.56. The summed E-state index contributed by atoms with van der Waals surface area (Å²) in [7, 11) is 0. The van der Waals surface area contributed by atoms with Crippen LogP contribution in [0.15, 0.2) is 47.4 Å². The third-order valence-corrected chi connectivity index (χ3v) is 4.65. The van der Waals surface area contributed by atoms with Crippen LogP contribution in [-0.4, -0.2) is 32.0 Å². The van der Waals surface area contributed by atoms with Crippen molar-refractivity contribution in [3.8, 4) is 11.4 Å². The van der Waals surface area contributed by atoms with Crippen LogP contribution in [0.5, 0.6) is 0 Å². The van der Waals surface area contributed by atoms with E-state index in [-0.39, 0.29) is 47.0 Å². The van der Waals surface area contributed by atoms with Gasteiger partial charge < -0.3 is 4.90 Å². The number of halogens is 4. The lowest BCUT2D eigenvalue weighted by Crippen LogP contribution is -2.29. The van der Waals surface area contributed by atoms with Crippen LogP contribution in [0.25, 0.3) is 11.4 Å². The van der Waals surface area contributed by atoms with Crippen molar-refractivity contribution in [3.05, 3.63) is 53.8 Å². The summed E-state index contributed by atoms with van der Waals surface area (Å²) in [5.41, 5.74) is -3.13. The third-order valence-electron chi connectivity index (χ3n) is 3.91. The molecule has 0 spiro atoms. The summed E-state index contributed by atoms with van der Waals surface area (Å²) in [5, 5.41) is 13.2. The number of thioether (sulfide) groups is 1. The number of rotatable bonds is 6. The molecule has 152 valence electrons. The van der Waals surface area contributed by atoms with E-state index < -0.39 is 11.3 Å². The Morgan fingerprint density at radius 3 is 2.48 bits per heavy atom. The molecule has 0 saturated heterocycles. The van der Waals surface area contributed by atoms with E-state index in [0.717, 1.165) is 0 Å². The minimum atomic E-state index is -4.38. The fraction of sp³-hybridized carbons (Fsp3) is 0.222. The number of carbonyl (C=O) groups excluding carboxylic acids is 1. The van der Waals surface area contributed by atoms with Crippen molar-refractivity contribution < 1.29 is 22.4 Å². The minimum absolute atomic E-state index is 0.0421. The zero-order chi connectivity index (χ0) is 21.0. The highest BCUT2D eigenvalue weighted by Crippen LogP contribution is 2.37. The molecule has 0 unspecified atom stereocenters. The van der Waals surface area contributed by atoms with E-state index in [4.69, 9.17) is 0 Å². The minimum Gasteiger partial charge on any atom is -0.308 e. The van der Waals surface area contributed by atoms with Crippen LogP contribution in [-0.2, 0) is 11.3 Å². The number of tetrazole rings is 1. The maximum absolute atomic E-state index is 14.2. The second-order valence-electron chi connectivity index (χ2n) is 5.97. The number of carbonyl (C=O) groups is 1. The summed E-state index contributed by atoms with van der Waals surface area (Å²) in [6.07, 6.45) is 0.164. The summed E-state index contributed by atoms with van der Waals surface area (Å²) < 4.78 is 51.6. The maximum atomic E-state index is 14.2. The largest absolute Gasteiger partial charge is 0.446 e. The second-order valence-corrected chi connectivity index (χ2v) is 7.11. The quantitative estimate of drug-likeness (QED) is 0.463. The first-order valence-corrected chi connectivity index (χ1v) is 9.26. The summed E-state index contributed by atoms with van der Waals surface area (Å²) in [5.74, 6) is -0.617. The molecule has 1 heterocycles. The second kappa shape index (κ2) is 8.60. The van der Waals surface area contributed by atoms with Crippen LogP contribution in [0.2, 0.25) is 0 Å². The lowest BCUT2D eigenvalue weighted by atomic mass is 10.1. The van der Waals surface area contributed by atoms with Crippen LogP contribution in [0.1, 0.15) is 18.9 Å². The molecule has 1 amide bonds.